The van der Waals surface area contributed by atoms with Crippen LogP contribution in [-0.4, -0.2) is 18.2 Å². The van der Waals surface area contributed by atoms with E-state index in [0.29, 0.717) is 0 Å². The van der Waals surface area contributed by atoms with E-state index in [-0.39, 0.29) is 12.1 Å². The summed E-state index contributed by atoms with van der Waals surface area (Å²) in [6, 6.07) is -0.0344. The first-order valence-corrected chi connectivity index (χ1v) is 4.92. The molecule has 0 saturated heterocycles. The normalized spacial score (nSPS) is 30.2. The van der Waals surface area contributed by atoms with E-state index in [2.05, 4.69) is 0 Å². The van der Waals surface area contributed by atoms with Crippen molar-refractivity contribution in [3.63, 3.8) is 0 Å². The summed E-state index contributed by atoms with van der Waals surface area (Å²) >= 11 is 0. The minimum Gasteiger partial charge on any atom is -0.445 e. The summed E-state index contributed by atoms with van der Waals surface area (Å²) in [5, 5.41) is 0. The second-order valence-corrected chi connectivity index (χ2v) is 3.63. The van der Waals surface area contributed by atoms with Crippen molar-refractivity contribution < 1.29 is 9.53 Å². The zero-order chi connectivity index (χ0) is 9.68. The van der Waals surface area contributed by atoms with Gasteiger partial charge in [0.25, 0.3) is 0 Å². The summed E-state index contributed by atoms with van der Waals surface area (Å²) in [4.78, 5) is 10.6. The van der Waals surface area contributed by atoms with E-state index in [1.165, 1.54) is 12.8 Å². The van der Waals surface area contributed by atoms with Gasteiger partial charge < -0.3 is 16.2 Å². The van der Waals surface area contributed by atoms with Gasteiger partial charge in [-0.05, 0) is 19.3 Å². The largest absolute Gasteiger partial charge is 0.445 e. The van der Waals surface area contributed by atoms with Crippen molar-refractivity contribution in [3.8, 4) is 0 Å². The summed E-state index contributed by atoms with van der Waals surface area (Å²) in [6.07, 6.45) is 5.54. The molecule has 1 aliphatic rings. The summed E-state index contributed by atoms with van der Waals surface area (Å²) in [5.41, 5.74) is 10.8. The van der Waals surface area contributed by atoms with Gasteiger partial charge in [-0.3, -0.25) is 0 Å². The third kappa shape index (κ3) is 3.63. The number of hydrogen-bond donors (Lipinski definition) is 2. The van der Waals surface area contributed by atoms with E-state index >= 15 is 0 Å². The molecule has 0 spiro atoms. The Morgan fingerprint density at radius 2 is 1.77 bits per heavy atom. The third-order valence-electron chi connectivity index (χ3n) is 2.52. The van der Waals surface area contributed by atoms with Crippen LogP contribution in [0.25, 0.3) is 0 Å². The second kappa shape index (κ2) is 5.07. The zero-order valence-electron chi connectivity index (χ0n) is 7.87. The van der Waals surface area contributed by atoms with E-state index in [0.717, 1.165) is 25.7 Å². The molecule has 0 aliphatic heterocycles. The SMILES string of the molecule is NC(=O)OC1CCCCCCC1N. The van der Waals surface area contributed by atoms with Gasteiger partial charge in [0, 0.05) is 6.04 Å². The van der Waals surface area contributed by atoms with E-state index in [9.17, 15) is 4.79 Å². The lowest BCUT2D eigenvalue weighted by Gasteiger charge is -2.25. The number of hydrogen-bond acceptors (Lipinski definition) is 3. The molecule has 2 atom stereocenters. The Morgan fingerprint density at radius 1 is 1.15 bits per heavy atom. The highest BCUT2D eigenvalue weighted by atomic mass is 16.6. The van der Waals surface area contributed by atoms with Crippen molar-refractivity contribution in [2.45, 2.75) is 50.7 Å². The van der Waals surface area contributed by atoms with Crippen molar-refractivity contribution in [1.82, 2.24) is 0 Å². The lowest BCUT2D eigenvalue weighted by molar-refractivity contribution is 0.0772. The molecule has 1 rings (SSSR count). The van der Waals surface area contributed by atoms with E-state index in [4.69, 9.17) is 16.2 Å². The van der Waals surface area contributed by atoms with Crippen molar-refractivity contribution >= 4 is 6.09 Å². The van der Waals surface area contributed by atoms with Gasteiger partial charge in [-0.25, -0.2) is 4.79 Å². The van der Waals surface area contributed by atoms with E-state index < -0.39 is 6.09 Å². The summed E-state index contributed by atoms with van der Waals surface area (Å²) < 4.78 is 4.95. The summed E-state index contributed by atoms with van der Waals surface area (Å²) in [5.74, 6) is 0. The maximum Gasteiger partial charge on any atom is 0.404 e. The smallest absolute Gasteiger partial charge is 0.404 e. The number of nitrogens with two attached hydrogens (primary N) is 2. The lowest BCUT2D eigenvalue weighted by Crippen LogP contribution is -2.40. The molecular formula is C9H18N2O2. The van der Waals surface area contributed by atoms with Crippen LogP contribution in [0.1, 0.15) is 38.5 Å². The number of ether oxygens (including phenoxy) is 1. The van der Waals surface area contributed by atoms with Crippen molar-refractivity contribution in [1.29, 1.82) is 0 Å². The van der Waals surface area contributed by atoms with Gasteiger partial charge in [0.2, 0.25) is 0 Å². The van der Waals surface area contributed by atoms with Crippen LogP contribution in [0.4, 0.5) is 4.79 Å². The predicted molar refractivity (Wildman–Crippen MR) is 50.1 cm³/mol. The Hall–Kier alpha value is -0.770. The van der Waals surface area contributed by atoms with Gasteiger partial charge in [0.05, 0.1) is 0 Å². The molecular weight excluding hydrogens is 168 g/mol. The minimum absolute atomic E-state index is 0.0344. The molecule has 13 heavy (non-hydrogen) atoms. The fraction of sp³-hybridized carbons (Fsp3) is 0.889. The van der Waals surface area contributed by atoms with Crippen LogP contribution in [0.3, 0.4) is 0 Å². The highest BCUT2D eigenvalue weighted by molar-refractivity contribution is 5.64. The van der Waals surface area contributed by atoms with Gasteiger partial charge in [-0.1, -0.05) is 19.3 Å². The maximum atomic E-state index is 10.6. The van der Waals surface area contributed by atoms with Gasteiger partial charge in [0.15, 0.2) is 0 Å². The Kier molecular flexibility index (Phi) is 4.02. The second-order valence-electron chi connectivity index (χ2n) is 3.63. The summed E-state index contributed by atoms with van der Waals surface area (Å²) in [6.45, 7) is 0. The molecule has 0 aromatic carbocycles. The molecule has 0 heterocycles. The fourth-order valence-corrected chi connectivity index (χ4v) is 1.77. The standard InChI is InChI=1S/C9H18N2O2/c10-7-5-3-1-2-4-6-8(7)13-9(11)12/h7-8H,1-6,10H2,(H2,11,12). The van der Waals surface area contributed by atoms with Crippen LogP contribution in [0.2, 0.25) is 0 Å². The molecule has 0 aromatic heterocycles. The monoisotopic (exact) mass is 186 g/mol. The fourth-order valence-electron chi connectivity index (χ4n) is 1.77. The molecule has 0 radical (unpaired) electrons. The molecule has 4 heteroatoms. The first kappa shape index (κ1) is 10.3. The quantitative estimate of drug-likeness (QED) is 0.644. The maximum absolute atomic E-state index is 10.6. The van der Waals surface area contributed by atoms with Crippen LogP contribution >= 0.6 is 0 Å². The Bertz CT molecular complexity index is 173. The number of carbonyl (C=O) groups excluding carboxylic acids is 1. The Labute approximate surface area is 78.6 Å². The third-order valence-corrected chi connectivity index (χ3v) is 2.52. The average molecular weight is 186 g/mol. The van der Waals surface area contributed by atoms with E-state index in [1.54, 1.807) is 0 Å². The Balaban J connectivity index is 2.41. The molecule has 2 unspecified atom stereocenters. The number of amides is 1. The molecule has 0 aromatic rings. The topological polar surface area (TPSA) is 78.3 Å². The highest BCUT2D eigenvalue weighted by Crippen LogP contribution is 2.18. The van der Waals surface area contributed by atoms with Crippen molar-refractivity contribution in [2.24, 2.45) is 11.5 Å². The molecule has 1 saturated carbocycles. The lowest BCUT2D eigenvalue weighted by atomic mass is 9.95. The van der Waals surface area contributed by atoms with Crippen molar-refractivity contribution in [2.75, 3.05) is 0 Å². The van der Waals surface area contributed by atoms with Crippen LogP contribution in [0.15, 0.2) is 0 Å². The van der Waals surface area contributed by atoms with Crippen LogP contribution in [0, 0.1) is 0 Å². The van der Waals surface area contributed by atoms with Gasteiger partial charge >= 0.3 is 6.09 Å². The van der Waals surface area contributed by atoms with Gasteiger partial charge in [0.1, 0.15) is 6.10 Å². The van der Waals surface area contributed by atoms with E-state index in [1.807, 2.05) is 0 Å². The summed E-state index contributed by atoms with van der Waals surface area (Å²) in [7, 11) is 0. The first-order chi connectivity index (χ1) is 6.20. The molecule has 1 fully saturated rings. The average Bonchev–Trinajstić information content (AvgIpc) is 2.04. The number of rotatable bonds is 1. The predicted octanol–water partition coefficient (Wildman–Crippen LogP) is 1.13. The Morgan fingerprint density at radius 3 is 2.38 bits per heavy atom. The molecule has 0 bridgehead atoms. The van der Waals surface area contributed by atoms with Gasteiger partial charge in [-0.15, -0.1) is 0 Å². The molecule has 1 amide bonds. The molecule has 4 N–H and O–H groups in total. The minimum atomic E-state index is -0.707. The number of carbonyl (C=O) groups is 1. The van der Waals surface area contributed by atoms with Crippen LogP contribution in [-0.2, 0) is 4.74 Å². The van der Waals surface area contributed by atoms with Crippen LogP contribution < -0.4 is 11.5 Å². The molecule has 1 aliphatic carbocycles. The van der Waals surface area contributed by atoms with Crippen LogP contribution in [0.5, 0.6) is 0 Å². The van der Waals surface area contributed by atoms with Crippen molar-refractivity contribution in [3.05, 3.63) is 0 Å². The van der Waals surface area contributed by atoms with Gasteiger partial charge in [-0.2, -0.15) is 0 Å². The highest BCUT2D eigenvalue weighted by Gasteiger charge is 2.21. The molecule has 4 nitrogen and oxygen atoms in total. The zero-order valence-corrected chi connectivity index (χ0v) is 7.87. The molecule has 76 valence electrons. The first-order valence-electron chi connectivity index (χ1n) is 4.92. The number of primary amides is 1.